The van der Waals surface area contributed by atoms with Gasteiger partial charge >= 0.3 is 0 Å². The summed E-state index contributed by atoms with van der Waals surface area (Å²) in [5, 5.41) is 0. The summed E-state index contributed by atoms with van der Waals surface area (Å²) in [6.45, 7) is 7.08. The normalized spacial score (nSPS) is 40.0. The molecule has 110 valence electrons. The Balaban J connectivity index is 1.83. The van der Waals surface area contributed by atoms with E-state index in [1.165, 1.54) is 24.8 Å². The summed E-state index contributed by atoms with van der Waals surface area (Å²) in [5.74, 6) is 1.26. The second kappa shape index (κ2) is 4.09. The number of Topliss-reactive ketones (excluding diaryl/α,β-unsaturated/α-hetero) is 1. The van der Waals surface area contributed by atoms with Crippen molar-refractivity contribution in [1.29, 1.82) is 0 Å². The molecule has 5 rings (SSSR count). The molecule has 0 spiro atoms. The van der Waals surface area contributed by atoms with Gasteiger partial charge in [0, 0.05) is 17.8 Å². The zero-order chi connectivity index (χ0) is 14.8. The maximum absolute atomic E-state index is 12.7. The highest BCUT2D eigenvalue weighted by Gasteiger charge is 2.63. The van der Waals surface area contributed by atoms with Crippen LogP contribution >= 0.6 is 0 Å². The molecule has 1 nitrogen and oxygen atoms in total. The van der Waals surface area contributed by atoms with Gasteiger partial charge in [-0.1, -0.05) is 69.2 Å². The summed E-state index contributed by atoms with van der Waals surface area (Å²) >= 11 is 0. The van der Waals surface area contributed by atoms with Crippen molar-refractivity contribution in [2.75, 3.05) is 0 Å². The fourth-order valence-electron chi connectivity index (χ4n) is 5.48. The molecule has 4 aliphatic carbocycles. The Kier molecular flexibility index (Phi) is 2.59. The first-order chi connectivity index (χ1) is 9.95. The fraction of sp³-hybridized carbons (Fsp3) is 0.550. The maximum Gasteiger partial charge on any atom is 0.144 e. The molecule has 2 saturated carbocycles. The molecule has 1 aromatic rings. The molecule has 0 aliphatic heterocycles. The third kappa shape index (κ3) is 1.61. The van der Waals surface area contributed by atoms with Gasteiger partial charge in [0.15, 0.2) is 0 Å². The van der Waals surface area contributed by atoms with Crippen LogP contribution in [0.5, 0.6) is 0 Å². The zero-order valence-corrected chi connectivity index (χ0v) is 13.2. The first-order valence-corrected chi connectivity index (χ1v) is 8.27. The SMILES string of the molecule is CC1(C)CCC[C@@]2(C)C1=C[C@@H]1C(=O)[C@H]2[C@H]1c1ccccc1. The van der Waals surface area contributed by atoms with Crippen LogP contribution in [-0.2, 0) is 4.79 Å². The van der Waals surface area contributed by atoms with Crippen LogP contribution in [0.3, 0.4) is 0 Å². The standard InChI is InChI=1S/C20H24O/c1-19(2)10-7-11-20(3)15(19)12-14-16(17(20)18(14)21)13-8-5-4-6-9-13/h4-6,8-9,12,14,16-17H,7,10-11H2,1-3H3/t14-,16-,17+,20-/m0/s1. The van der Waals surface area contributed by atoms with Crippen molar-refractivity contribution in [3.8, 4) is 0 Å². The minimum absolute atomic E-state index is 0.0914. The Morgan fingerprint density at radius 2 is 1.76 bits per heavy atom. The molecule has 21 heavy (non-hydrogen) atoms. The lowest BCUT2D eigenvalue weighted by Crippen LogP contribution is -2.59. The Morgan fingerprint density at radius 3 is 2.48 bits per heavy atom. The quantitative estimate of drug-likeness (QED) is 0.679. The number of hydrogen-bond donors (Lipinski definition) is 0. The number of benzene rings is 1. The van der Waals surface area contributed by atoms with Gasteiger partial charge in [0.1, 0.15) is 5.78 Å². The lowest BCUT2D eigenvalue weighted by atomic mass is 9.41. The van der Waals surface area contributed by atoms with Gasteiger partial charge in [0.2, 0.25) is 0 Å². The third-order valence-electron chi connectivity index (χ3n) is 6.44. The second-order valence-corrected chi connectivity index (χ2v) is 8.08. The van der Waals surface area contributed by atoms with E-state index in [2.05, 4.69) is 57.2 Å². The predicted octanol–water partition coefficient (Wildman–Crippen LogP) is 4.74. The molecule has 2 bridgehead atoms. The van der Waals surface area contributed by atoms with Crippen molar-refractivity contribution in [1.82, 2.24) is 0 Å². The average molecular weight is 280 g/mol. The van der Waals surface area contributed by atoms with Crippen molar-refractivity contribution in [2.24, 2.45) is 22.7 Å². The highest BCUT2D eigenvalue weighted by molar-refractivity contribution is 5.96. The number of rotatable bonds is 1. The van der Waals surface area contributed by atoms with Gasteiger partial charge in [-0.05, 0) is 29.2 Å². The Bertz CT molecular complexity index is 624. The second-order valence-electron chi connectivity index (χ2n) is 8.08. The number of hydrogen-bond acceptors (Lipinski definition) is 1. The number of ketones is 1. The molecule has 0 amide bonds. The number of carbonyl (C=O) groups excluding carboxylic acids is 1. The molecule has 0 aromatic heterocycles. The minimum Gasteiger partial charge on any atom is -0.299 e. The van der Waals surface area contributed by atoms with E-state index in [-0.39, 0.29) is 22.7 Å². The van der Waals surface area contributed by atoms with Crippen LogP contribution in [0.4, 0.5) is 0 Å². The molecule has 0 unspecified atom stereocenters. The van der Waals surface area contributed by atoms with Gasteiger partial charge in [0.25, 0.3) is 0 Å². The summed E-state index contributed by atoms with van der Waals surface area (Å²) in [4.78, 5) is 12.7. The van der Waals surface area contributed by atoms with E-state index >= 15 is 0 Å². The van der Waals surface area contributed by atoms with Gasteiger partial charge in [0.05, 0.1) is 0 Å². The number of allylic oxidation sites excluding steroid dienone is 2. The van der Waals surface area contributed by atoms with Gasteiger partial charge in [-0.2, -0.15) is 0 Å². The van der Waals surface area contributed by atoms with Crippen molar-refractivity contribution < 1.29 is 4.79 Å². The van der Waals surface area contributed by atoms with Gasteiger partial charge in [-0.3, -0.25) is 4.79 Å². The summed E-state index contributed by atoms with van der Waals surface area (Å²) in [6, 6.07) is 10.7. The molecule has 0 N–H and O–H groups in total. The van der Waals surface area contributed by atoms with Gasteiger partial charge in [-0.25, -0.2) is 0 Å². The van der Waals surface area contributed by atoms with Crippen LogP contribution in [0.1, 0.15) is 51.5 Å². The predicted molar refractivity (Wildman–Crippen MR) is 85.0 cm³/mol. The molecular weight excluding hydrogens is 256 g/mol. The third-order valence-corrected chi connectivity index (χ3v) is 6.44. The van der Waals surface area contributed by atoms with E-state index in [1.54, 1.807) is 5.57 Å². The van der Waals surface area contributed by atoms with E-state index in [4.69, 9.17) is 0 Å². The van der Waals surface area contributed by atoms with Gasteiger partial charge in [-0.15, -0.1) is 0 Å². The zero-order valence-electron chi connectivity index (χ0n) is 13.2. The van der Waals surface area contributed by atoms with E-state index < -0.39 is 0 Å². The van der Waals surface area contributed by atoms with Crippen LogP contribution in [0.15, 0.2) is 42.0 Å². The van der Waals surface area contributed by atoms with E-state index in [9.17, 15) is 4.79 Å². The molecule has 4 aliphatic rings. The summed E-state index contributed by atoms with van der Waals surface area (Å²) < 4.78 is 0. The molecule has 0 heterocycles. The Labute approximate surface area is 127 Å². The molecule has 1 aromatic carbocycles. The van der Waals surface area contributed by atoms with Crippen LogP contribution in [-0.4, -0.2) is 5.78 Å². The first-order valence-electron chi connectivity index (χ1n) is 8.27. The average Bonchev–Trinajstić information content (AvgIpc) is 2.44. The molecule has 2 fully saturated rings. The summed E-state index contributed by atoms with van der Waals surface area (Å²) in [5.41, 5.74) is 3.29. The monoisotopic (exact) mass is 280 g/mol. The van der Waals surface area contributed by atoms with E-state index in [0.29, 0.717) is 11.7 Å². The molecule has 0 radical (unpaired) electrons. The highest BCUT2D eigenvalue weighted by Crippen LogP contribution is 2.67. The minimum atomic E-state index is 0.0914. The summed E-state index contributed by atoms with van der Waals surface area (Å²) in [6.07, 6.45) is 6.04. The fourth-order valence-corrected chi connectivity index (χ4v) is 5.48. The molecule has 4 atom stereocenters. The smallest absolute Gasteiger partial charge is 0.144 e. The topological polar surface area (TPSA) is 17.1 Å². The largest absolute Gasteiger partial charge is 0.299 e. The van der Waals surface area contributed by atoms with Crippen LogP contribution in [0.25, 0.3) is 0 Å². The van der Waals surface area contributed by atoms with Crippen molar-refractivity contribution in [3.63, 3.8) is 0 Å². The van der Waals surface area contributed by atoms with Gasteiger partial charge < -0.3 is 0 Å². The maximum atomic E-state index is 12.7. The summed E-state index contributed by atoms with van der Waals surface area (Å²) in [7, 11) is 0. The lowest BCUT2D eigenvalue weighted by Gasteiger charge is -2.61. The van der Waals surface area contributed by atoms with Crippen molar-refractivity contribution in [3.05, 3.63) is 47.5 Å². The van der Waals surface area contributed by atoms with E-state index in [1.807, 2.05) is 0 Å². The molecular formula is C20H24O. The first kappa shape index (κ1) is 13.3. The highest BCUT2D eigenvalue weighted by atomic mass is 16.1. The van der Waals surface area contributed by atoms with E-state index in [0.717, 1.165) is 0 Å². The van der Waals surface area contributed by atoms with Crippen molar-refractivity contribution in [2.45, 2.75) is 46.0 Å². The van der Waals surface area contributed by atoms with Crippen molar-refractivity contribution >= 4 is 5.78 Å². The van der Waals surface area contributed by atoms with Crippen LogP contribution < -0.4 is 0 Å². The Hall–Kier alpha value is -1.37. The Morgan fingerprint density at radius 1 is 1.05 bits per heavy atom. The lowest BCUT2D eigenvalue weighted by molar-refractivity contribution is -0.145. The molecule has 0 saturated heterocycles. The van der Waals surface area contributed by atoms with Crippen LogP contribution in [0, 0.1) is 22.7 Å². The van der Waals surface area contributed by atoms with Crippen LogP contribution in [0.2, 0.25) is 0 Å². The molecule has 1 heteroatoms. The number of carbonyl (C=O) groups is 1.